The summed E-state index contributed by atoms with van der Waals surface area (Å²) >= 11 is 1.89. The summed E-state index contributed by atoms with van der Waals surface area (Å²) in [4.78, 5) is 94.0. The van der Waals surface area contributed by atoms with Crippen LogP contribution in [0.3, 0.4) is 0 Å². The molecule has 0 unspecified atom stereocenters. The van der Waals surface area contributed by atoms with Gasteiger partial charge in [0.05, 0.1) is 72.7 Å². The summed E-state index contributed by atoms with van der Waals surface area (Å²) in [6, 6.07) is -1.70. The lowest BCUT2D eigenvalue weighted by atomic mass is 10.0. The van der Waals surface area contributed by atoms with Gasteiger partial charge >= 0.3 is 6.03 Å². The molecule has 2 saturated heterocycles. The smallest absolute Gasteiger partial charge is 0.315 e. The predicted molar refractivity (Wildman–Crippen MR) is 271 cm³/mol. The minimum absolute atomic E-state index is 0.0504. The van der Waals surface area contributed by atoms with E-state index in [1.54, 1.807) is 0 Å². The van der Waals surface area contributed by atoms with Crippen LogP contribution in [0.5, 0.6) is 0 Å². The van der Waals surface area contributed by atoms with Gasteiger partial charge in [-0.25, -0.2) is 4.79 Å². The zero-order valence-corrected chi connectivity index (χ0v) is 43.1. The van der Waals surface area contributed by atoms with Crippen LogP contribution in [0.1, 0.15) is 96.3 Å². The summed E-state index contributed by atoms with van der Waals surface area (Å²) in [5.74, 6) is -1.45. The number of fused-ring (bicyclic) bond motifs is 1. The van der Waals surface area contributed by atoms with Crippen LogP contribution in [0.25, 0.3) is 10.4 Å². The van der Waals surface area contributed by atoms with Crippen molar-refractivity contribution in [2.75, 3.05) is 112 Å². The number of rotatable bonds is 42. The molecule has 0 aliphatic carbocycles. The first-order valence-electron chi connectivity index (χ1n) is 25.0. The Labute approximate surface area is 422 Å². The van der Waals surface area contributed by atoms with Gasteiger partial charge in [-0.05, 0) is 76.2 Å². The molecule has 26 heteroatoms. The number of aliphatic imine (C=N–C) groups is 1. The predicted octanol–water partition coefficient (Wildman–Crippen LogP) is -0.223. The van der Waals surface area contributed by atoms with Crippen molar-refractivity contribution in [3.63, 3.8) is 0 Å². The lowest BCUT2D eigenvalue weighted by Crippen LogP contribution is -2.54. The molecule has 0 spiro atoms. The summed E-state index contributed by atoms with van der Waals surface area (Å²) in [6.07, 6.45) is 9.15. The van der Waals surface area contributed by atoms with E-state index >= 15 is 0 Å². The first-order chi connectivity index (χ1) is 34.1. The highest BCUT2D eigenvalue weighted by molar-refractivity contribution is 8.00. The van der Waals surface area contributed by atoms with Gasteiger partial charge in [0.2, 0.25) is 35.4 Å². The normalized spacial score (nSPS) is 16.8. The second kappa shape index (κ2) is 37.6. The Bertz CT molecular complexity index is 1700. The van der Waals surface area contributed by atoms with Crippen molar-refractivity contribution in [1.29, 1.82) is 0 Å². The Morgan fingerprint density at radius 2 is 1.30 bits per heavy atom. The number of carbonyl (C=O) groups excluding carboxylic acids is 7. The summed E-state index contributed by atoms with van der Waals surface area (Å²) in [7, 11) is 6.14. The number of ether oxygens (including phenoxy) is 3. The number of guanidine groups is 1. The molecule has 0 radical (unpaired) electrons. The summed E-state index contributed by atoms with van der Waals surface area (Å²) in [5.41, 5.74) is 19.4. The first-order valence-corrected chi connectivity index (χ1v) is 26.1. The number of azide groups is 1. The summed E-state index contributed by atoms with van der Waals surface area (Å²) in [5, 5.41) is 26.1. The van der Waals surface area contributed by atoms with Crippen molar-refractivity contribution in [3.8, 4) is 0 Å². The summed E-state index contributed by atoms with van der Waals surface area (Å²) < 4.78 is 17.4. The molecule has 5 atom stereocenters. The van der Waals surface area contributed by atoms with Gasteiger partial charge in [0.15, 0.2) is 5.96 Å². The Morgan fingerprint density at radius 1 is 0.704 bits per heavy atom. The minimum atomic E-state index is -1.06. The highest BCUT2D eigenvalue weighted by Gasteiger charge is 2.42. The number of hydrogen-bond donors (Lipinski definition) is 10. The molecule has 12 N–H and O–H groups in total. The molecule has 25 nitrogen and oxygen atoms in total. The van der Waals surface area contributed by atoms with Gasteiger partial charge in [0, 0.05) is 68.1 Å². The van der Waals surface area contributed by atoms with Crippen LogP contribution in [0, 0.1) is 0 Å². The largest absolute Gasteiger partial charge is 0.379 e. The average molecular weight is 1030 g/mol. The van der Waals surface area contributed by atoms with E-state index < -0.39 is 42.3 Å². The van der Waals surface area contributed by atoms with Gasteiger partial charge < -0.3 is 72.7 Å². The van der Waals surface area contributed by atoms with Gasteiger partial charge in [0.1, 0.15) is 18.6 Å². The van der Waals surface area contributed by atoms with Gasteiger partial charge in [-0.3, -0.25) is 33.8 Å². The van der Waals surface area contributed by atoms with Crippen LogP contribution < -0.4 is 54.0 Å². The van der Waals surface area contributed by atoms with Crippen molar-refractivity contribution in [1.82, 2.24) is 42.5 Å². The first kappa shape index (κ1) is 62.0. The Hall–Kier alpha value is -5.14. The van der Waals surface area contributed by atoms with E-state index in [2.05, 4.69) is 57.6 Å². The number of amides is 8. The molecule has 2 aliphatic rings. The second-order valence-corrected chi connectivity index (χ2v) is 19.8. The van der Waals surface area contributed by atoms with Crippen LogP contribution in [0.4, 0.5) is 4.79 Å². The zero-order valence-electron chi connectivity index (χ0n) is 42.3. The topological polar surface area (TPSA) is 357 Å². The molecule has 0 aromatic carbocycles. The number of carbonyl (C=O) groups is 7. The number of thioether (sulfide) groups is 1. The maximum absolute atomic E-state index is 13.4. The molecular formula is C45H84N15O10S+. The van der Waals surface area contributed by atoms with Crippen molar-refractivity contribution < 1.29 is 52.3 Å². The Balaban J connectivity index is 1.47. The fourth-order valence-electron chi connectivity index (χ4n) is 7.55. The maximum Gasteiger partial charge on any atom is 0.315 e. The molecule has 2 heterocycles. The van der Waals surface area contributed by atoms with E-state index in [1.165, 1.54) is 0 Å². The van der Waals surface area contributed by atoms with Crippen LogP contribution in [-0.2, 0) is 43.0 Å². The van der Waals surface area contributed by atoms with E-state index in [0.717, 1.165) is 48.9 Å². The molecule has 2 rings (SSSR count). The molecule has 0 aromatic heterocycles. The fraction of sp³-hybridized carbons (Fsp3) is 0.822. The van der Waals surface area contributed by atoms with Crippen LogP contribution in [0.15, 0.2) is 10.1 Å². The third kappa shape index (κ3) is 31.7. The highest BCUT2D eigenvalue weighted by atomic mass is 32.2. The van der Waals surface area contributed by atoms with E-state index in [4.69, 9.17) is 31.2 Å². The van der Waals surface area contributed by atoms with Crippen molar-refractivity contribution >= 4 is 59.2 Å². The molecular weight excluding hydrogens is 943 g/mol. The fourth-order valence-corrected chi connectivity index (χ4v) is 9.09. The van der Waals surface area contributed by atoms with Crippen molar-refractivity contribution in [3.05, 3.63) is 10.4 Å². The number of unbranched alkanes of at least 4 members (excludes halogenated alkanes) is 4. The van der Waals surface area contributed by atoms with E-state index in [9.17, 15) is 33.6 Å². The van der Waals surface area contributed by atoms with E-state index in [1.807, 2.05) is 32.9 Å². The molecule has 2 fully saturated rings. The van der Waals surface area contributed by atoms with E-state index in [0.29, 0.717) is 116 Å². The van der Waals surface area contributed by atoms with Gasteiger partial charge in [-0.2, -0.15) is 11.8 Å². The van der Waals surface area contributed by atoms with Crippen LogP contribution >= 0.6 is 11.8 Å². The quantitative estimate of drug-likeness (QED) is 0.00553. The monoisotopic (exact) mass is 1030 g/mol. The standard InChI is InChI=1S/C45H83N15O10S/c1-60(2,3)23-10-8-14-34(55-40(64)31-54-59-48)43(66)56-33(15-11-20-52-44(46)47)42(65)53-30-39(63)51-19-9-4-5-17-37(61)49-21-12-24-68-26-28-70-29-27-69-25-13-22-50-38(62)18-7-6-16-36-41-35(32-71-36)57-45(67)58-41/h33-36,41H,4-32H2,1-3H3,(H11-,46,47,49,50,51,52,53,55,56,57,58,61,62,63,64,65,66,67)/p+1/t33-,34-,35-,36-,41-/m0/s1. The van der Waals surface area contributed by atoms with Gasteiger partial charge in [-0.1, -0.05) is 18.0 Å². The number of nitrogens with two attached hydrogens (primary N) is 2. The van der Waals surface area contributed by atoms with E-state index in [-0.39, 0.29) is 61.8 Å². The maximum atomic E-state index is 13.4. The number of nitrogens with zero attached hydrogens (tertiary/aromatic N) is 5. The molecule has 404 valence electrons. The number of quaternary nitrogens is 1. The average Bonchev–Trinajstić information content (AvgIpc) is 3.88. The Morgan fingerprint density at radius 3 is 1.93 bits per heavy atom. The molecule has 71 heavy (non-hydrogen) atoms. The SMILES string of the molecule is C[N+](C)(C)CCCC[C@H](NC(=O)CN=[N+]=[N-])C(=O)N[C@@H](CCCN=C(N)N)C(=O)NCC(=O)NCCCCCC(=O)NCCCOCCOCCOCCCNC(=O)CCCC[C@@H]1SC[C@@H]2NC(=O)N[C@@H]21. The molecule has 2 aliphatic heterocycles. The third-order valence-electron chi connectivity index (χ3n) is 11.3. The summed E-state index contributed by atoms with van der Waals surface area (Å²) in [6.45, 7) is 4.40. The minimum Gasteiger partial charge on any atom is -0.379 e. The number of nitrogens with one attached hydrogen (secondary N) is 8. The Kier molecular flexibility index (Phi) is 32.8. The van der Waals surface area contributed by atoms with Crippen molar-refractivity contribution in [2.45, 2.75) is 126 Å². The number of hydrogen-bond acceptors (Lipinski definition) is 13. The second-order valence-electron chi connectivity index (χ2n) is 18.5. The lowest BCUT2D eigenvalue weighted by Gasteiger charge is -2.25. The van der Waals surface area contributed by atoms with Gasteiger partial charge in [0.25, 0.3) is 0 Å². The van der Waals surface area contributed by atoms with Crippen molar-refractivity contribution in [2.24, 2.45) is 21.6 Å². The van der Waals surface area contributed by atoms with Crippen LogP contribution in [-0.4, -0.2) is 194 Å². The highest BCUT2D eigenvalue weighted by Crippen LogP contribution is 2.33. The lowest BCUT2D eigenvalue weighted by molar-refractivity contribution is -0.870. The molecule has 8 amide bonds. The molecule has 0 saturated carbocycles. The third-order valence-corrected chi connectivity index (χ3v) is 12.8. The molecule has 0 bridgehead atoms. The van der Waals surface area contributed by atoms with Crippen LogP contribution in [0.2, 0.25) is 0 Å². The molecule has 0 aromatic rings. The zero-order chi connectivity index (χ0) is 52.1. The number of urea groups is 1. The van der Waals surface area contributed by atoms with Gasteiger partial charge in [-0.15, -0.1) is 0 Å².